The SMILES string of the molecule is CN(C)CCCNS(=O)(=O)c1ccc(Cl)c(N)c1Cl. The first-order valence-corrected chi connectivity index (χ1v) is 7.87. The number of nitrogens with zero attached hydrogens (tertiary/aromatic N) is 1. The van der Waals surface area contributed by atoms with Crippen molar-refractivity contribution in [3.05, 3.63) is 22.2 Å². The first-order chi connectivity index (χ1) is 8.75. The quantitative estimate of drug-likeness (QED) is 0.617. The maximum Gasteiger partial charge on any atom is 0.242 e. The van der Waals surface area contributed by atoms with E-state index < -0.39 is 10.0 Å². The summed E-state index contributed by atoms with van der Waals surface area (Å²) in [6, 6.07) is 2.76. The molecule has 8 heteroatoms. The van der Waals surface area contributed by atoms with Gasteiger partial charge in [-0.15, -0.1) is 0 Å². The van der Waals surface area contributed by atoms with Crippen molar-refractivity contribution in [3.8, 4) is 0 Å². The summed E-state index contributed by atoms with van der Waals surface area (Å²) in [5.41, 5.74) is 5.68. The van der Waals surface area contributed by atoms with Crippen molar-refractivity contribution >= 4 is 38.9 Å². The lowest BCUT2D eigenvalue weighted by atomic mass is 10.3. The Bertz CT molecular complexity index is 547. The average Bonchev–Trinajstić information content (AvgIpc) is 2.31. The fraction of sp³-hybridized carbons (Fsp3) is 0.455. The van der Waals surface area contributed by atoms with Gasteiger partial charge in [0.15, 0.2) is 0 Å². The third kappa shape index (κ3) is 4.50. The van der Waals surface area contributed by atoms with E-state index >= 15 is 0 Å². The summed E-state index contributed by atoms with van der Waals surface area (Å²) in [7, 11) is 0.177. The molecular weight excluding hydrogens is 309 g/mol. The second-order valence-corrected chi connectivity index (χ2v) is 6.85. The Morgan fingerprint density at radius 3 is 2.53 bits per heavy atom. The Balaban J connectivity index is 2.81. The number of anilines is 1. The summed E-state index contributed by atoms with van der Waals surface area (Å²) in [6.07, 6.45) is 0.701. The zero-order chi connectivity index (χ0) is 14.6. The summed E-state index contributed by atoms with van der Waals surface area (Å²) in [5, 5.41) is 0.184. The van der Waals surface area contributed by atoms with E-state index in [4.69, 9.17) is 28.9 Å². The predicted molar refractivity (Wildman–Crippen MR) is 79.2 cm³/mol. The van der Waals surface area contributed by atoms with Crippen molar-refractivity contribution in [1.29, 1.82) is 0 Å². The number of hydrogen-bond donors (Lipinski definition) is 2. The molecular formula is C11H17Cl2N3O2S. The number of sulfonamides is 1. The van der Waals surface area contributed by atoms with Crippen molar-refractivity contribution in [2.24, 2.45) is 0 Å². The van der Waals surface area contributed by atoms with E-state index in [1.54, 1.807) is 0 Å². The summed E-state index contributed by atoms with van der Waals surface area (Å²) < 4.78 is 26.6. The Labute approximate surface area is 123 Å². The molecule has 3 N–H and O–H groups in total. The molecule has 0 aromatic heterocycles. The van der Waals surface area contributed by atoms with Crippen LogP contribution in [0.3, 0.4) is 0 Å². The average molecular weight is 326 g/mol. The van der Waals surface area contributed by atoms with Gasteiger partial charge in [-0.2, -0.15) is 0 Å². The van der Waals surface area contributed by atoms with Crippen LogP contribution in [-0.2, 0) is 10.0 Å². The number of nitrogen functional groups attached to an aromatic ring is 1. The van der Waals surface area contributed by atoms with E-state index in [9.17, 15) is 8.42 Å². The smallest absolute Gasteiger partial charge is 0.242 e. The second kappa shape index (κ2) is 6.76. The molecule has 0 saturated carbocycles. The van der Waals surface area contributed by atoms with E-state index in [1.807, 2.05) is 19.0 Å². The molecule has 0 aliphatic carbocycles. The topological polar surface area (TPSA) is 75.4 Å². The molecule has 19 heavy (non-hydrogen) atoms. The van der Waals surface area contributed by atoms with Crippen molar-refractivity contribution in [3.63, 3.8) is 0 Å². The molecule has 0 unspecified atom stereocenters. The van der Waals surface area contributed by atoms with Crippen LogP contribution in [0.15, 0.2) is 17.0 Å². The Morgan fingerprint density at radius 2 is 1.95 bits per heavy atom. The Hall–Kier alpha value is -0.530. The highest BCUT2D eigenvalue weighted by Gasteiger charge is 2.20. The normalized spacial score (nSPS) is 12.1. The van der Waals surface area contributed by atoms with Gasteiger partial charge in [0.05, 0.1) is 15.7 Å². The van der Waals surface area contributed by atoms with E-state index in [0.29, 0.717) is 13.0 Å². The van der Waals surface area contributed by atoms with E-state index in [2.05, 4.69) is 4.72 Å². The second-order valence-electron chi connectivity index (χ2n) is 4.33. The molecule has 0 saturated heterocycles. The minimum absolute atomic E-state index is 0.0485. The number of nitrogens with one attached hydrogen (secondary N) is 1. The number of halogens is 2. The minimum Gasteiger partial charge on any atom is -0.396 e. The molecule has 0 atom stereocenters. The zero-order valence-corrected chi connectivity index (χ0v) is 13.1. The van der Waals surface area contributed by atoms with Crippen LogP contribution >= 0.6 is 23.2 Å². The molecule has 0 amide bonds. The van der Waals surface area contributed by atoms with E-state index in [-0.39, 0.29) is 20.6 Å². The molecule has 0 bridgehead atoms. The summed E-state index contributed by atoms with van der Waals surface area (Å²) in [4.78, 5) is 1.92. The van der Waals surface area contributed by atoms with Crippen LogP contribution in [0, 0.1) is 0 Å². The van der Waals surface area contributed by atoms with E-state index in [1.165, 1.54) is 12.1 Å². The third-order valence-corrected chi connectivity index (χ3v) is 4.81. The molecule has 0 heterocycles. The fourth-order valence-corrected chi connectivity index (χ4v) is 3.27. The highest BCUT2D eigenvalue weighted by Crippen LogP contribution is 2.32. The highest BCUT2D eigenvalue weighted by molar-refractivity contribution is 7.89. The van der Waals surface area contributed by atoms with Gasteiger partial charge >= 0.3 is 0 Å². The standard InChI is InChI=1S/C11H17Cl2N3O2S/c1-16(2)7-3-6-15-19(17,18)9-5-4-8(12)11(14)10(9)13/h4-5,15H,3,6-7,14H2,1-2H3. The van der Waals surface area contributed by atoms with Crippen molar-refractivity contribution < 1.29 is 8.42 Å². The summed E-state index contributed by atoms with van der Waals surface area (Å²) >= 11 is 11.7. The van der Waals surface area contributed by atoms with Crippen LogP contribution in [-0.4, -0.2) is 40.5 Å². The van der Waals surface area contributed by atoms with E-state index in [0.717, 1.165) is 6.54 Å². The van der Waals surface area contributed by atoms with Crippen LogP contribution in [0.4, 0.5) is 5.69 Å². The molecule has 0 aliphatic heterocycles. The lowest BCUT2D eigenvalue weighted by Gasteiger charge is -2.12. The van der Waals surface area contributed by atoms with Crippen LogP contribution in [0.2, 0.25) is 10.0 Å². The van der Waals surface area contributed by atoms with Gasteiger partial charge in [0.25, 0.3) is 0 Å². The van der Waals surface area contributed by atoms with Gasteiger partial charge in [-0.1, -0.05) is 23.2 Å². The molecule has 0 fully saturated rings. The highest BCUT2D eigenvalue weighted by atomic mass is 35.5. The molecule has 1 aromatic rings. The summed E-state index contributed by atoms with van der Waals surface area (Å²) in [5.74, 6) is 0. The molecule has 0 spiro atoms. The molecule has 1 aromatic carbocycles. The number of nitrogens with two attached hydrogens (primary N) is 1. The zero-order valence-electron chi connectivity index (χ0n) is 10.8. The maximum atomic E-state index is 12.1. The first kappa shape index (κ1) is 16.5. The molecule has 0 radical (unpaired) electrons. The largest absolute Gasteiger partial charge is 0.396 e. The Morgan fingerprint density at radius 1 is 1.32 bits per heavy atom. The van der Waals surface area contributed by atoms with Crippen LogP contribution < -0.4 is 10.5 Å². The molecule has 1 rings (SSSR count). The maximum absolute atomic E-state index is 12.1. The number of benzene rings is 1. The fourth-order valence-electron chi connectivity index (χ4n) is 1.44. The van der Waals surface area contributed by atoms with Gasteiger partial charge < -0.3 is 10.6 Å². The van der Waals surface area contributed by atoms with Crippen LogP contribution in [0.5, 0.6) is 0 Å². The Kier molecular flexibility index (Phi) is 5.88. The predicted octanol–water partition coefficient (Wildman–Crippen LogP) is 1.81. The lowest BCUT2D eigenvalue weighted by Crippen LogP contribution is -2.27. The van der Waals surface area contributed by atoms with Gasteiger partial charge in [0.1, 0.15) is 4.90 Å². The van der Waals surface area contributed by atoms with Gasteiger partial charge in [-0.25, -0.2) is 13.1 Å². The molecule has 108 valence electrons. The molecule has 5 nitrogen and oxygen atoms in total. The van der Waals surface area contributed by atoms with Crippen LogP contribution in [0.1, 0.15) is 6.42 Å². The van der Waals surface area contributed by atoms with Crippen molar-refractivity contribution in [1.82, 2.24) is 9.62 Å². The van der Waals surface area contributed by atoms with Crippen LogP contribution in [0.25, 0.3) is 0 Å². The van der Waals surface area contributed by atoms with Gasteiger partial charge in [-0.3, -0.25) is 0 Å². The molecule has 0 aliphatic rings. The van der Waals surface area contributed by atoms with Crippen molar-refractivity contribution in [2.75, 3.05) is 32.9 Å². The van der Waals surface area contributed by atoms with Gasteiger partial charge in [0, 0.05) is 6.54 Å². The van der Waals surface area contributed by atoms with Gasteiger partial charge in [0.2, 0.25) is 10.0 Å². The van der Waals surface area contributed by atoms with Crippen molar-refractivity contribution in [2.45, 2.75) is 11.3 Å². The van der Waals surface area contributed by atoms with Gasteiger partial charge in [-0.05, 0) is 39.2 Å². The minimum atomic E-state index is -3.67. The lowest BCUT2D eigenvalue weighted by molar-refractivity contribution is 0.400. The summed E-state index contributed by atoms with van der Waals surface area (Å²) in [6.45, 7) is 1.12. The number of hydrogen-bond acceptors (Lipinski definition) is 4. The monoisotopic (exact) mass is 325 g/mol. The third-order valence-electron chi connectivity index (χ3n) is 2.45. The number of rotatable bonds is 6. The first-order valence-electron chi connectivity index (χ1n) is 5.63.